The summed E-state index contributed by atoms with van der Waals surface area (Å²) in [6.07, 6.45) is -25.6. The summed E-state index contributed by atoms with van der Waals surface area (Å²) in [7, 11) is 1.35. The van der Waals surface area contributed by atoms with Gasteiger partial charge in [-0.1, -0.05) is 12.1 Å². The maximum Gasteiger partial charge on any atom is 0.257 e. The van der Waals surface area contributed by atoms with Gasteiger partial charge in [0.05, 0.1) is 32.5 Å². The van der Waals surface area contributed by atoms with Crippen LogP contribution in [0.15, 0.2) is 24.3 Å². The van der Waals surface area contributed by atoms with E-state index in [9.17, 15) is 55.9 Å². The molecular formula is C26H39NO17. The van der Waals surface area contributed by atoms with Gasteiger partial charge >= 0.3 is 0 Å². The van der Waals surface area contributed by atoms with Gasteiger partial charge in [0.1, 0.15) is 79.0 Å². The Morgan fingerprint density at radius 1 is 0.682 bits per heavy atom. The van der Waals surface area contributed by atoms with Crippen molar-refractivity contribution in [1.29, 1.82) is 0 Å². The Hall–Kier alpha value is -2.11. The number of rotatable bonds is 10. The number of carbonyl (C=O) groups excluding carboxylic acids is 1. The van der Waals surface area contributed by atoms with Crippen molar-refractivity contribution in [1.82, 2.24) is 5.32 Å². The van der Waals surface area contributed by atoms with Crippen LogP contribution in [0.5, 0.6) is 5.75 Å². The molecule has 15 atom stereocenters. The van der Waals surface area contributed by atoms with Gasteiger partial charge in [-0.25, -0.2) is 0 Å². The lowest BCUT2D eigenvalue weighted by atomic mass is 9.95. The molecule has 3 saturated heterocycles. The van der Waals surface area contributed by atoms with Gasteiger partial charge in [0.25, 0.3) is 5.91 Å². The minimum Gasteiger partial charge on any atom is -0.496 e. The van der Waals surface area contributed by atoms with Gasteiger partial charge in [-0.2, -0.15) is 0 Å². The highest BCUT2D eigenvalue weighted by molar-refractivity contribution is 5.97. The van der Waals surface area contributed by atoms with E-state index >= 15 is 0 Å². The van der Waals surface area contributed by atoms with Crippen LogP contribution in [0.2, 0.25) is 0 Å². The van der Waals surface area contributed by atoms with Gasteiger partial charge in [-0.3, -0.25) is 4.79 Å². The first kappa shape index (κ1) is 34.8. The number of amides is 1. The van der Waals surface area contributed by atoms with E-state index in [4.69, 9.17) is 28.4 Å². The van der Waals surface area contributed by atoms with E-state index in [2.05, 4.69) is 5.32 Å². The zero-order valence-corrected chi connectivity index (χ0v) is 23.4. The number of hydrogen-bond acceptors (Lipinski definition) is 17. The van der Waals surface area contributed by atoms with Gasteiger partial charge in [-0.15, -0.1) is 0 Å². The molecule has 0 unspecified atom stereocenters. The number of para-hydroxylation sites is 1. The molecule has 0 aromatic heterocycles. The molecule has 1 aromatic carbocycles. The van der Waals surface area contributed by atoms with Crippen LogP contribution in [-0.2, 0) is 23.7 Å². The van der Waals surface area contributed by atoms with Crippen LogP contribution in [0.3, 0.4) is 0 Å². The summed E-state index contributed by atoms with van der Waals surface area (Å²) < 4.78 is 32.7. The van der Waals surface area contributed by atoms with Crippen LogP contribution in [-0.4, -0.2) is 176 Å². The number of ether oxygens (including phenoxy) is 6. The molecule has 3 heterocycles. The first-order valence-electron chi connectivity index (χ1n) is 13.8. The number of methoxy groups -OCH3 is 1. The Kier molecular flexibility index (Phi) is 11.8. The van der Waals surface area contributed by atoms with Crippen molar-refractivity contribution in [3.63, 3.8) is 0 Å². The number of nitrogens with one attached hydrogen (secondary N) is 1. The molecule has 3 aliphatic rings. The molecule has 0 saturated carbocycles. The van der Waals surface area contributed by atoms with Crippen molar-refractivity contribution in [3.05, 3.63) is 29.8 Å². The highest BCUT2D eigenvalue weighted by atomic mass is 16.7. The third-order valence-corrected chi connectivity index (χ3v) is 7.74. The fourth-order valence-electron chi connectivity index (χ4n) is 5.23. The number of aliphatic hydroxyl groups excluding tert-OH is 10. The van der Waals surface area contributed by atoms with Crippen molar-refractivity contribution in [2.24, 2.45) is 0 Å². The standard InChI is InChI=1S/C26H39NO17/c1-39-10-5-3-2-4-9(10)23(38)27-24-18(35)17(34)21(13(8-30)40-24)43-26-20(37)22(15(32)12(7-29)42-26)44-25-19(36)16(33)14(31)11(6-28)41-25/h2-5,11-22,24-26,28-37H,6-8H2,1H3,(H,27,38)/t11-,12-,13-,14+,15+,16+,17-,18-,19-,20-,21-,22+,24-,25-,26-/m1/s1. The molecule has 3 fully saturated rings. The zero-order valence-electron chi connectivity index (χ0n) is 23.4. The summed E-state index contributed by atoms with van der Waals surface area (Å²) in [6, 6.07) is 6.19. The smallest absolute Gasteiger partial charge is 0.257 e. The normalized spacial score (nSPS) is 42.9. The van der Waals surface area contributed by atoms with E-state index < -0.39 is 118 Å². The third-order valence-electron chi connectivity index (χ3n) is 7.74. The second-order valence-electron chi connectivity index (χ2n) is 10.5. The number of carbonyl (C=O) groups is 1. The van der Waals surface area contributed by atoms with Gasteiger partial charge in [0.2, 0.25) is 0 Å². The molecule has 0 bridgehead atoms. The van der Waals surface area contributed by atoms with Crippen molar-refractivity contribution < 1.29 is 84.3 Å². The van der Waals surface area contributed by atoms with Gasteiger partial charge < -0.3 is 84.8 Å². The Balaban J connectivity index is 1.48. The highest BCUT2D eigenvalue weighted by Crippen LogP contribution is 2.32. The predicted molar refractivity (Wildman–Crippen MR) is 139 cm³/mol. The monoisotopic (exact) mass is 637 g/mol. The summed E-state index contributed by atoms with van der Waals surface area (Å²) in [5, 5.41) is 105. The maximum absolute atomic E-state index is 12.8. The van der Waals surface area contributed by atoms with E-state index in [0.29, 0.717) is 0 Å². The fraction of sp³-hybridized carbons (Fsp3) is 0.731. The number of hydrogen-bond donors (Lipinski definition) is 11. The van der Waals surface area contributed by atoms with Gasteiger partial charge in [0, 0.05) is 0 Å². The lowest BCUT2D eigenvalue weighted by molar-refractivity contribution is -0.374. The molecule has 0 aliphatic carbocycles. The molecular weight excluding hydrogens is 598 g/mol. The van der Waals surface area contributed by atoms with E-state index in [1.54, 1.807) is 12.1 Å². The van der Waals surface area contributed by atoms with Crippen LogP contribution < -0.4 is 10.1 Å². The predicted octanol–water partition coefficient (Wildman–Crippen LogP) is -6.13. The van der Waals surface area contributed by atoms with Crippen LogP contribution in [0.1, 0.15) is 10.4 Å². The lowest BCUT2D eigenvalue weighted by Crippen LogP contribution is -2.67. The summed E-state index contributed by atoms with van der Waals surface area (Å²) in [5.74, 6) is -0.505. The summed E-state index contributed by atoms with van der Waals surface area (Å²) in [6.45, 7) is -2.43. The Labute approximate surface area is 250 Å². The van der Waals surface area contributed by atoms with E-state index in [0.717, 1.165) is 0 Å². The largest absolute Gasteiger partial charge is 0.496 e. The molecule has 1 aromatic rings. The first-order chi connectivity index (χ1) is 21.0. The molecule has 44 heavy (non-hydrogen) atoms. The number of benzene rings is 1. The Bertz CT molecular complexity index is 1080. The molecule has 0 spiro atoms. The van der Waals surface area contributed by atoms with Crippen molar-refractivity contribution in [2.75, 3.05) is 26.9 Å². The van der Waals surface area contributed by atoms with Crippen LogP contribution in [0, 0.1) is 0 Å². The second kappa shape index (κ2) is 15.0. The second-order valence-corrected chi connectivity index (χ2v) is 10.5. The first-order valence-corrected chi connectivity index (χ1v) is 13.8. The molecule has 3 aliphatic heterocycles. The van der Waals surface area contributed by atoms with E-state index in [1.807, 2.05) is 0 Å². The van der Waals surface area contributed by atoms with Crippen molar-refractivity contribution in [2.45, 2.75) is 92.1 Å². The fourth-order valence-corrected chi connectivity index (χ4v) is 5.23. The maximum atomic E-state index is 12.8. The molecule has 4 rings (SSSR count). The highest BCUT2D eigenvalue weighted by Gasteiger charge is 2.53. The summed E-state index contributed by atoms with van der Waals surface area (Å²) >= 11 is 0. The molecule has 250 valence electrons. The quantitative estimate of drug-likeness (QED) is 0.114. The Morgan fingerprint density at radius 3 is 1.86 bits per heavy atom. The average molecular weight is 638 g/mol. The minimum atomic E-state index is -1.95. The van der Waals surface area contributed by atoms with Crippen LogP contribution >= 0.6 is 0 Å². The van der Waals surface area contributed by atoms with Crippen molar-refractivity contribution >= 4 is 5.91 Å². The molecule has 18 nitrogen and oxygen atoms in total. The van der Waals surface area contributed by atoms with Gasteiger partial charge in [0.15, 0.2) is 18.8 Å². The molecule has 11 N–H and O–H groups in total. The van der Waals surface area contributed by atoms with E-state index in [-0.39, 0.29) is 11.3 Å². The summed E-state index contributed by atoms with van der Waals surface area (Å²) in [5.41, 5.74) is 0.0944. The Morgan fingerprint density at radius 2 is 1.25 bits per heavy atom. The van der Waals surface area contributed by atoms with Crippen LogP contribution in [0.25, 0.3) is 0 Å². The van der Waals surface area contributed by atoms with E-state index in [1.165, 1.54) is 19.2 Å². The lowest BCUT2D eigenvalue weighted by Gasteiger charge is -2.48. The zero-order chi connectivity index (χ0) is 32.3. The van der Waals surface area contributed by atoms with Crippen LogP contribution in [0.4, 0.5) is 0 Å². The molecule has 0 radical (unpaired) electrons. The number of aliphatic hydroxyl groups is 10. The summed E-state index contributed by atoms with van der Waals surface area (Å²) in [4.78, 5) is 12.8. The minimum absolute atomic E-state index is 0.0944. The molecule has 1 amide bonds. The van der Waals surface area contributed by atoms with Crippen molar-refractivity contribution in [3.8, 4) is 5.75 Å². The molecule has 18 heteroatoms. The topological polar surface area (TPSA) is 287 Å². The average Bonchev–Trinajstić information content (AvgIpc) is 3.03. The van der Waals surface area contributed by atoms with Gasteiger partial charge in [-0.05, 0) is 12.1 Å². The third kappa shape index (κ3) is 6.99. The SMILES string of the molecule is COc1ccccc1C(=O)N[C@@H]1O[C@H](CO)[C@@H](O[C@H]2O[C@H](CO)[C@H](O)[C@H](O[C@H]3O[C@H](CO)[C@H](O)[C@H](O)[C@H]3O)[C@H]2O)[C@H](O)[C@H]1O.